The molecule has 142 valence electrons. The van der Waals surface area contributed by atoms with Crippen molar-refractivity contribution in [2.75, 3.05) is 6.26 Å². The number of benzene rings is 1. The van der Waals surface area contributed by atoms with Crippen molar-refractivity contribution < 1.29 is 22.9 Å². The SMILES string of the molecule is CC(CCc1cc(-c2cnc3ccccc3c2)no1)(C(=O)NO)S(C)(=O)=O. The number of aryl methyl sites for hydroxylation is 1. The molecule has 0 spiro atoms. The van der Waals surface area contributed by atoms with E-state index in [0.29, 0.717) is 11.5 Å². The molecule has 0 aliphatic rings. The quantitative estimate of drug-likeness (QED) is 0.489. The first-order chi connectivity index (χ1) is 12.7. The van der Waals surface area contributed by atoms with Gasteiger partial charge in [-0.2, -0.15) is 0 Å². The second kappa shape index (κ2) is 7.09. The van der Waals surface area contributed by atoms with Crippen molar-refractivity contribution in [1.29, 1.82) is 0 Å². The average molecular weight is 389 g/mol. The van der Waals surface area contributed by atoms with E-state index in [1.54, 1.807) is 12.3 Å². The summed E-state index contributed by atoms with van der Waals surface area (Å²) in [4.78, 5) is 16.2. The number of pyridine rings is 1. The normalized spacial score (nSPS) is 14.0. The Balaban J connectivity index is 1.82. The highest BCUT2D eigenvalue weighted by molar-refractivity contribution is 7.92. The van der Waals surface area contributed by atoms with E-state index < -0.39 is 20.5 Å². The zero-order valence-corrected chi connectivity index (χ0v) is 15.7. The second-order valence-corrected chi connectivity index (χ2v) is 8.98. The van der Waals surface area contributed by atoms with Crippen molar-refractivity contribution in [1.82, 2.24) is 15.6 Å². The molecule has 2 N–H and O–H groups in total. The molecule has 0 saturated heterocycles. The van der Waals surface area contributed by atoms with E-state index in [9.17, 15) is 13.2 Å². The Morgan fingerprint density at radius 1 is 1.30 bits per heavy atom. The fraction of sp³-hybridized carbons (Fsp3) is 0.278. The number of nitrogens with one attached hydrogen (secondary N) is 1. The third kappa shape index (κ3) is 3.69. The van der Waals surface area contributed by atoms with Crippen LogP contribution in [0.1, 0.15) is 19.1 Å². The summed E-state index contributed by atoms with van der Waals surface area (Å²) in [6, 6.07) is 11.3. The molecule has 2 aromatic heterocycles. The van der Waals surface area contributed by atoms with Gasteiger partial charge in [-0.15, -0.1) is 0 Å². The largest absolute Gasteiger partial charge is 0.361 e. The zero-order chi connectivity index (χ0) is 19.7. The summed E-state index contributed by atoms with van der Waals surface area (Å²) in [6.07, 6.45) is 2.73. The molecule has 0 bridgehead atoms. The van der Waals surface area contributed by atoms with Crippen LogP contribution < -0.4 is 5.48 Å². The van der Waals surface area contributed by atoms with E-state index in [0.717, 1.165) is 22.7 Å². The number of nitrogens with zero attached hydrogens (tertiary/aromatic N) is 2. The molecule has 9 heteroatoms. The smallest absolute Gasteiger partial charge is 0.264 e. The fourth-order valence-corrected chi connectivity index (χ4v) is 3.58. The fourth-order valence-electron chi connectivity index (χ4n) is 2.73. The zero-order valence-electron chi connectivity index (χ0n) is 14.8. The predicted molar refractivity (Wildman–Crippen MR) is 98.7 cm³/mol. The molecular weight excluding hydrogens is 370 g/mol. The van der Waals surface area contributed by atoms with Gasteiger partial charge in [0.05, 0.1) is 5.52 Å². The van der Waals surface area contributed by atoms with Gasteiger partial charge in [-0.25, -0.2) is 13.9 Å². The van der Waals surface area contributed by atoms with Gasteiger partial charge in [0.2, 0.25) is 0 Å². The molecular formula is C18H19N3O5S. The highest BCUT2D eigenvalue weighted by Crippen LogP contribution is 2.26. The summed E-state index contributed by atoms with van der Waals surface area (Å²) in [5, 5.41) is 13.8. The topological polar surface area (TPSA) is 122 Å². The van der Waals surface area contributed by atoms with Gasteiger partial charge in [0.15, 0.2) is 9.84 Å². The molecule has 0 aliphatic carbocycles. The van der Waals surface area contributed by atoms with E-state index in [1.807, 2.05) is 30.3 Å². The van der Waals surface area contributed by atoms with Crippen LogP contribution >= 0.6 is 0 Å². The van der Waals surface area contributed by atoms with Crippen molar-refractivity contribution in [3.8, 4) is 11.3 Å². The molecule has 3 rings (SSSR count). The number of sulfone groups is 1. The van der Waals surface area contributed by atoms with Gasteiger partial charge in [0.25, 0.3) is 5.91 Å². The van der Waals surface area contributed by atoms with E-state index in [-0.39, 0.29) is 12.8 Å². The second-order valence-electron chi connectivity index (χ2n) is 6.54. The highest BCUT2D eigenvalue weighted by Gasteiger charge is 2.43. The Hall–Kier alpha value is -2.78. The standard InChI is InChI=1S/C18H19N3O5S/c1-18(17(22)20-23,27(2,24)25)8-7-14-10-16(21-26-14)13-9-12-5-3-4-6-15(12)19-11-13/h3-6,9-11,23H,7-8H2,1-2H3,(H,20,22). The molecule has 0 aliphatic heterocycles. The lowest BCUT2D eigenvalue weighted by Gasteiger charge is -2.24. The molecule has 2 heterocycles. The van der Waals surface area contributed by atoms with Crippen LogP contribution in [0.2, 0.25) is 0 Å². The number of amides is 1. The molecule has 1 aromatic carbocycles. The number of hydrogen-bond acceptors (Lipinski definition) is 7. The summed E-state index contributed by atoms with van der Waals surface area (Å²) in [5.41, 5.74) is 3.62. The first kappa shape index (κ1) is 19.0. The maximum atomic E-state index is 12.0. The molecule has 0 radical (unpaired) electrons. The molecule has 1 unspecified atom stereocenters. The van der Waals surface area contributed by atoms with E-state index in [2.05, 4.69) is 10.1 Å². The van der Waals surface area contributed by atoms with Crippen LogP contribution in [0, 0.1) is 0 Å². The van der Waals surface area contributed by atoms with Crippen LogP contribution in [0.4, 0.5) is 0 Å². The lowest BCUT2D eigenvalue weighted by atomic mass is 10.0. The number of fused-ring (bicyclic) bond motifs is 1. The monoisotopic (exact) mass is 389 g/mol. The molecule has 0 fully saturated rings. The molecule has 0 saturated carbocycles. The van der Waals surface area contributed by atoms with Gasteiger partial charge in [-0.3, -0.25) is 15.0 Å². The first-order valence-corrected chi connectivity index (χ1v) is 10.1. The lowest BCUT2D eigenvalue weighted by Crippen LogP contribution is -2.49. The van der Waals surface area contributed by atoms with Crippen LogP contribution in [0.15, 0.2) is 47.1 Å². The number of para-hydroxylation sites is 1. The van der Waals surface area contributed by atoms with Crippen LogP contribution in [-0.4, -0.2) is 40.7 Å². The maximum absolute atomic E-state index is 12.0. The van der Waals surface area contributed by atoms with Crippen molar-refractivity contribution in [2.24, 2.45) is 0 Å². The third-order valence-electron chi connectivity index (χ3n) is 4.69. The molecule has 8 nitrogen and oxygen atoms in total. The first-order valence-electron chi connectivity index (χ1n) is 8.19. The molecule has 27 heavy (non-hydrogen) atoms. The number of aromatic nitrogens is 2. The summed E-state index contributed by atoms with van der Waals surface area (Å²) >= 11 is 0. The van der Waals surface area contributed by atoms with Crippen LogP contribution in [0.5, 0.6) is 0 Å². The van der Waals surface area contributed by atoms with E-state index >= 15 is 0 Å². The summed E-state index contributed by atoms with van der Waals surface area (Å²) in [5.74, 6) is -0.553. The van der Waals surface area contributed by atoms with Gasteiger partial charge < -0.3 is 4.52 Å². The average Bonchev–Trinajstić information content (AvgIpc) is 3.13. The third-order valence-corrected chi connectivity index (χ3v) is 6.72. The van der Waals surface area contributed by atoms with Crippen LogP contribution in [0.3, 0.4) is 0 Å². The van der Waals surface area contributed by atoms with Gasteiger partial charge in [-0.05, 0) is 25.5 Å². The highest BCUT2D eigenvalue weighted by atomic mass is 32.2. The molecule has 1 atom stereocenters. The minimum absolute atomic E-state index is 0.0666. The summed E-state index contributed by atoms with van der Waals surface area (Å²) in [6.45, 7) is 1.26. The summed E-state index contributed by atoms with van der Waals surface area (Å²) in [7, 11) is -3.76. The van der Waals surface area contributed by atoms with Crippen LogP contribution in [-0.2, 0) is 21.1 Å². The van der Waals surface area contributed by atoms with E-state index in [1.165, 1.54) is 12.4 Å². The molecule has 3 aromatic rings. The van der Waals surface area contributed by atoms with Crippen molar-refractivity contribution >= 4 is 26.6 Å². The van der Waals surface area contributed by atoms with Crippen molar-refractivity contribution in [3.05, 3.63) is 48.4 Å². The van der Waals surface area contributed by atoms with Gasteiger partial charge >= 0.3 is 0 Å². The Morgan fingerprint density at radius 2 is 2.04 bits per heavy atom. The number of hydroxylamine groups is 1. The summed E-state index contributed by atoms with van der Waals surface area (Å²) < 4.78 is 27.5. The van der Waals surface area contributed by atoms with Crippen molar-refractivity contribution in [2.45, 2.75) is 24.5 Å². The Bertz CT molecular complexity index is 1090. The number of hydrogen-bond donors (Lipinski definition) is 2. The number of carbonyl (C=O) groups is 1. The predicted octanol–water partition coefficient (Wildman–Crippen LogP) is 2.13. The minimum Gasteiger partial charge on any atom is -0.361 e. The maximum Gasteiger partial charge on any atom is 0.264 e. The Morgan fingerprint density at radius 3 is 2.74 bits per heavy atom. The van der Waals surface area contributed by atoms with Gasteiger partial charge in [0, 0.05) is 35.9 Å². The minimum atomic E-state index is -3.76. The lowest BCUT2D eigenvalue weighted by molar-refractivity contribution is -0.131. The Kier molecular flexibility index (Phi) is 4.99. The van der Waals surface area contributed by atoms with Gasteiger partial charge in [-0.1, -0.05) is 23.4 Å². The van der Waals surface area contributed by atoms with E-state index in [4.69, 9.17) is 9.73 Å². The molecule has 1 amide bonds. The van der Waals surface area contributed by atoms with Crippen LogP contribution in [0.25, 0.3) is 22.2 Å². The Labute approximate surface area is 156 Å². The number of carbonyl (C=O) groups excluding carboxylic acids is 1. The van der Waals surface area contributed by atoms with Gasteiger partial charge in [0.1, 0.15) is 16.2 Å². The number of rotatable bonds is 6. The van der Waals surface area contributed by atoms with Crippen molar-refractivity contribution in [3.63, 3.8) is 0 Å².